The topological polar surface area (TPSA) is 38.9 Å². The van der Waals surface area contributed by atoms with Crippen molar-refractivity contribution in [1.29, 1.82) is 0 Å². The van der Waals surface area contributed by atoms with Gasteiger partial charge in [0.2, 0.25) is 0 Å². The van der Waals surface area contributed by atoms with Gasteiger partial charge in [-0.15, -0.1) is 0 Å². The third-order valence-corrected chi connectivity index (χ3v) is 13.4. The Bertz CT molecular complexity index is 2490. The molecular formula is C49H42N2O. The summed E-state index contributed by atoms with van der Waals surface area (Å²) in [5.41, 5.74) is 17.8. The molecule has 4 saturated carbocycles. The number of pyridine rings is 1. The van der Waals surface area contributed by atoms with Gasteiger partial charge in [0, 0.05) is 22.1 Å². The van der Waals surface area contributed by atoms with Crippen LogP contribution in [0.4, 0.5) is 0 Å². The van der Waals surface area contributed by atoms with Gasteiger partial charge in [-0.25, -0.2) is 9.97 Å². The van der Waals surface area contributed by atoms with Gasteiger partial charge in [0.1, 0.15) is 5.52 Å². The van der Waals surface area contributed by atoms with E-state index in [-0.39, 0.29) is 5.41 Å². The summed E-state index contributed by atoms with van der Waals surface area (Å²) in [7, 11) is 0. The zero-order valence-electron chi connectivity index (χ0n) is 29.9. The van der Waals surface area contributed by atoms with Crippen molar-refractivity contribution in [3.8, 4) is 55.9 Å². The summed E-state index contributed by atoms with van der Waals surface area (Å²) in [5.74, 6) is 2.83. The zero-order valence-corrected chi connectivity index (χ0v) is 29.9. The van der Waals surface area contributed by atoms with Crippen LogP contribution in [0.25, 0.3) is 67.0 Å². The number of rotatable bonds is 5. The number of aromatic nitrogens is 2. The Labute approximate surface area is 305 Å². The molecule has 2 aromatic heterocycles. The molecule has 0 atom stereocenters. The summed E-state index contributed by atoms with van der Waals surface area (Å²) >= 11 is 0. The smallest absolute Gasteiger partial charge is 0.182 e. The number of para-hydroxylation sites is 1. The molecule has 0 aliphatic heterocycles. The first-order valence-electron chi connectivity index (χ1n) is 19.2. The Hall–Kier alpha value is -5.28. The minimum Gasteiger partial charge on any atom is -0.443 e. The van der Waals surface area contributed by atoms with Gasteiger partial charge in [-0.1, -0.05) is 105 Å². The number of benzene rings is 5. The SMILES string of the molecule is CC1(C)c2cc(-c3cc(-c4ccccc4)nc(-c4ccc(C56CC7CC(CC(C7)C5)C6)cc4)c3)ccc2-c2ccc(-c3cccc4ncoc34)cc21. The molecule has 2 heterocycles. The first-order chi connectivity index (χ1) is 25.4. The molecule has 0 radical (unpaired) electrons. The second-order valence-corrected chi connectivity index (χ2v) is 16.9. The largest absolute Gasteiger partial charge is 0.443 e. The Morgan fingerprint density at radius 3 is 1.81 bits per heavy atom. The maximum Gasteiger partial charge on any atom is 0.182 e. The van der Waals surface area contributed by atoms with Crippen LogP contribution in [-0.2, 0) is 10.8 Å². The molecule has 5 aliphatic rings. The van der Waals surface area contributed by atoms with E-state index in [9.17, 15) is 0 Å². The first-order valence-corrected chi connectivity index (χ1v) is 19.2. The van der Waals surface area contributed by atoms with Crippen molar-refractivity contribution in [1.82, 2.24) is 9.97 Å². The van der Waals surface area contributed by atoms with Crippen LogP contribution in [-0.4, -0.2) is 9.97 Å². The van der Waals surface area contributed by atoms with Crippen LogP contribution in [0, 0.1) is 17.8 Å². The summed E-state index contributed by atoms with van der Waals surface area (Å²) < 4.78 is 5.82. The average molecular weight is 675 g/mol. The predicted octanol–water partition coefficient (Wildman–Crippen LogP) is 12.7. The molecule has 5 aromatic carbocycles. The number of hydrogen-bond donors (Lipinski definition) is 0. The number of hydrogen-bond acceptors (Lipinski definition) is 3. The summed E-state index contributed by atoms with van der Waals surface area (Å²) in [6, 6.07) is 45.0. The second kappa shape index (κ2) is 11.1. The minimum atomic E-state index is -0.169. The van der Waals surface area contributed by atoms with Gasteiger partial charge < -0.3 is 4.42 Å². The van der Waals surface area contributed by atoms with Crippen molar-refractivity contribution in [2.45, 2.75) is 63.2 Å². The van der Waals surface area contributed by atoms with Gasteiger partial charge in [0.25, 0.3) is 0 Å². The van der Waals surface area contributed by atoms with Gasteiger partial charge in [-0.05, 0) is 137 Å². The highest BCUT2D eigenvalue weighted by molar-refractivity contribution is 5.93. The zero-order chi connectivity index (χ0) is 34.6. The van der Waals surface area contributed by atoms with Crippen molar-refractivity contribution in [3.05, 3.63) is 144 Å². The van der Waals surface area contributed by atoms with Crippen molar-refractivity contribution in [2.75, 3.05) is 0 Å². The van der Waals surface area contributed by atoms with Crippen LogP contribution in [0.1, 0.15) is 69.1 Å². The molecule has 0 amide bonds. The first kappa shape index (κ1) is 30.4. The lowest BCUT2D eigenvalue weighted by Crippen LogP contribution is -2.48. The number of fused-ring (bicyclic) bond motifs is 4. The molecule has 4 fully saturated rings. The Kier molecular flexibility index (Phi) is 6.49. The van der Waals surface area contributed by atoms with Crippen LogP contribution in [0.15, 0.2) is 132 Å². The molecule has 0 spiro atoms. The fourth-order valence-corrected chi connectivity index (χ4v) is 11.3. The van der Waals surface area contributed by atoms with E-state index in [1.54, 1.807) is 5.56 Å². The average Bonchev–Trinajstić information content (AvgIpc) is 3.75. The van der Waals surface area contributed by atoms with Gasteiger partial charge >= 0.3 is 0 Å². The van der Waals surface area contributed by atoms with E-state index in [0.29, 0.717) is 5.41 Å². The van der Waals surface area contributed by atoms with E-state index in [2.05, 4.69) is 134 Å². The molecule has 0 N–H and O–H groups in total. The fraction of sp³-hybridized carbons (Fsp3) is 0.265. The van der Waals surface area contributed by atoms with E-state index < -0.39 is 0 Å². The maximum absolute atomic E-state index is 5.82. The molecule has 7 aromatic rings. The molecule has 3 nitrogen and oxygen atoms in total. The van der Waals surface area contributed by atoms with Gasteiger partial charge in [-0.2, -0.15) is 0 Å². The fourth-order valence-electron chi connectivity index (χ4n) is 11.3. The van der Waals surface area contributed by atoms with Crippen molar-refractivity contribution >= 4 is 11.1 Å². The molecular weight excluding hydrogens is 633 g/mol. The quantitative estimate of drug-likeness (QED) is 0.182. The lowest BCUT2D eigenvalue weighted by molar-refractivity contribution is -0.00518. The molecule has 5 aliphatic carbocycles. The van der Waals surface area contributed by atoms with E-state index in [1.807, 2.05) is 6.07 Å². The van der Waals surface area contributed by atoms with Gasteiger partial charge in [0.15, 0.2) is 12.0 Å². The number of oxazole rings is 1. The highest BCUT2D eigenvalue weighted by Crippen LogP contribution is 2.61. The molecule has 52 heavy (non-hydrogen) atoms. The standard InChI is InChI=1S/C49H42N2O/c1-48(2)42-22-35(13-17-40(42)41-18-14-36(23-43(41)48)39-9-6-10-44-47(39)52-29-50-44)37-24-45(33-7-4-3-5-8-33)51-46(25-37)34-11-15-38(16-12-34)49-26-30-19-31(27-49)21-32(20-30)28-49/h3-18,22-25,29-32H,19-21,26-28H2,1-2H3. The molecule has 4 bridgehead atoms. The van der Waals surface area contributed by atoms with Gasteiger partial charge in [0.05, 0.1) is 11.4 Å². The predicted molar refractivity (Wildman–Crippen MR) is 211 cm³/mol. The van der Waals surface area contributed by atoms with Crippen LogP contribution in [0.2, 0.25) is 0 Å². The van der Waals surface area contributed by atoms with E-state index in [1.165, 1.54) is 83.9 Å². The highest BCUT2D eigenvalue weighted by Gasteiger charge is 2.51. The Morgan fingerprint density at radius 2 is 1.13 bits per heavy atom. The Morgan fingerprint density at radius 1 is 0.538 bits per heavy atom. The van der Waals surface area contributed by atoms with Crippen LogP contribution < -0.4 is 0 Å². The molecule has 254 valence electrons. The maximum atomic E-state index is 5.82. The second-order valence-electron chi connectivity index (χ2n) is 16.9. The van der Waals surface area contributed by atoms with E-state index >= 15 is 0 Å². The lowest BCUT2D eigenvalue weighted by Gasteiger charge is -2.57. The van der Waals surface area contributed by atoms with Gasteiger partial charge in [-0.3, -0.25) is 0 Å². The summed E-state index contributed by atoms with van der Waals surface area (Å²) in [4.78, 5) is 9.69. The molecule has 12 rings (SSSR count). The van der Waals surface area contributed by atoms with E-state index in [4.69, 9.17) is 9.40 Å². The highest BCUT2D eigenvalue weighted by atomic mass is 16.3. The van der Waals surface area contributed by atoms with E-state index in [0.717, 1.165) is 56.9 Å². The molecule has 3 heteroatoms. The normalized spacial score (nSPS) is 23.5. The molecule has 0 unspecified atom stereocenters. The minimum absolute atomic E-state index is 0.169. The molecule has 0 saturated heterocycles. The lowest BCUT2D eigenvalue weighted by atomic mass is 9.48. The van der Waals surface area contributed by atoms with Crippen LogP contribution >= 0.6 is 0 Å². The number of nitrogens with zero attached hydrogens (tertiary/aromatic N) is 2. The third kappa shape index (κ3) is 4.64. The monoisotopic (exact) mass is 674 g/mol. The summed E-state index contributed by atoms with van der Waals surface area (Å²) in [5, 5.41) is 0. The summed E-state index contributed by atoms with van der Waals surface area (Å²) in [6.45, 7) is 4.72. The third-order valence-electron chi connectivity index (χ3n) is 13.4. The van der Waals surface area contributed by atoms with Crippen molar-refractivity contribution < 1.29 is 4.42 Å². The van der Waals surface area contributed by atoms with Crippen molar-refractivity contribution in [3.63, 3.8) is 0 Å². The van der Waals surface area contributed by atoms with Crippen LogP contribution in [0.5, 0.6) is 0 Å². The summed E-state index contributed by atoms with van der Waals surface area (Å²) in [6.07, 6.45) is 10.1. The van der Waals surface area contributed by atoms with Crippen molar-refractivity contribution in [2.24, 2.45) is 17.8 Å². The Balaban J connectivity index is 0.978. The van der Waals surface area contributed by atoms with Crippen LogP contribution in [0.3, 0.4) is 0 Å².